The lowest BCUT2D eigenvalue weighted by atomic mass is 10.2. The van der Waals surface area contributed by atoms with Gasteiger partial charge in [0.1, 0.15) is 5.25 Å². The first-order chi connectivity index (χ1) is 12.5. The molecule has 0 bridgehead atoms. The molecule has 2 amide bonds. The van der Waals surface area contributed by atoms with E-state index in [0.717, 1.165) is 0 Å². The molecule has 134 valence electrons. The summed E-state index contributed by atoms with van der Waals surface area (Å²) in [4.78, 5) is 30.5. The Morgan fingerprint density at radius 2 is 1.92 bits per heavy atom. The molecule has 26 heavy (non-hydrogen) atoms. The minimum atomic E-state index is -0.527. The second-order valence-corrected chi connectivity index (χ2v) is 7.54. The van der Waals surface area contributed by atoms with Crippen LogP contribution in [0.5, 0.6) is 0 Å². The largest absolute Gasteiger partial charge is 0.326 e. The summed E-state index contributed by atoms with van der Waals surface area (Å²) < 4.78 is 0. The molecular formula is C18H15Cl2N3O2S. The van der Waals surface area contributed by atoms with Gasteiger partial charge in [0, 0.05) is 19.2 Å². The van der Waals surface area contributed by atoms with Crippen molar-refractivity contribution in [3.63, 3.8) is 0 Å². The van der Waals surface area contributed by atoms with E-state index in [1.165, 1.54) is 16.7 Å². The average Bonchev–Trinajstić information content (AvgIpc) is 2.88. The number of hydrogen-bond acceptors (Lipinski definition) is 4. The first kappa shape index (κ1) is 18.8. The number of benzene rings is 2. The summed E-state index contributed by atoms with van der Waals surface area (Å²) >= 11 is 13.4. The fraction of sp³-hybridized carbons (Fsp3) is 0.167. The van der Waals surface area contributed by atoms with Gasteiger partial charge < -0.3 is 5.32 Å². The van der Waals surface area contributed by atoms with Crippen LogP contribution < -0.4 is 5.32 Å². The Balaban J connectivity index is 1.71. The third-order valence-electron chi connectivity index (χ3n) is 3.72. The Morgan fingerprint density at radius 3 is 2.65 bits per heavy atom. The van der Waals surface area contributed by atoms with Gasteiger partial charge >= 0.3 is 0 Å². The van der Waals surface area contributed by atoms with Crippen LogP contribution >= 0.6 is 35.0 Å². The smallest absolute Gasteiger partial charge is 0.242 e. The summed E-state index contributed by atoms with van der Waals surface area (Å²) in [6.07, 6.45) is 0.0605. The van der Waals surface area contributed by atoms with Crippen LogP contribution in [0, 0.1) is 0 Å². The molecule has 5 nitrogen and oxygen atoms in total. The molecule has 1 fully saturated rings. The zero-order chi connectivity index (χ0) is 18.7. The third kappa shape index (κ3) is 4.20. The van der Waals surface area contributed by atoms with Crippen molar-refractivity contribution in [2.24, 2.45) is 4.99 Å². The Labute approximate surface area is 165 Å². The molecule has 1 aliphatic rings. The molecule has 1 saturated heterocycles. The lowest BCUT2D eigenvalue weighted by Gasteiger charge is -2.09. The highest BCUT2D eigenvalue weighted by Gasteiger charge is 2.37. The van der Waals surface area contributed by atoms with Gasteiger partial charge in [-0.05, 0) is 24.3 Å². The summed E-state index contributed by atoms with van der Waals surface area (Å²) in [6.45, 7) is 0. The quantitative estimate of drug-likeness (QED) is 0.806. The number of rotatable bonds is 4. The van der Waals surface area contributed by atoms with Gasteiger partial charge in [-0.25, -0.2) is 4.99 Å². The number of para-hydroxylation sites is 1. The fourth-order valence-electron chi connectivity index (χ4n) is 2.38. The molecule has 0 saturated carbocycles. The van der Waals surface area contributed by atoms with E-state index in [9.17, 15) is 9.59 Å². The van der Waals surface area contributed by atoms with Crippen LogP contribution in [-0.4, -0.2) is 34.2 Å². The minimum absolute atomic E-state index is 0.0605. The van der Waals surface area contributed by atoms with E-state index in [1.807, 2.05) is 18.2 Å². The molecule has 0 aliphatic carbocycles. The molecule has 2 aromatic carbocycles. The standard InChI is InChI=1S/C18H15Cl2N3O2S/c1-23-17(25)14(10-15(24)21-11-6-3-2-4-7-11)26-18(23)22-13-9-5-8-12(19)16(13)20/h2-9,14H,10H2,1H3,(H,21,24). The number of amidine groups is 1. The van der Waals surface area contributed by atoms with Gasteiger partial charge in [0.05, 0.1) is 15.7 Å². The SMILES string of the molecule is CN1C(=O)C(CC(=O)Nc2ccccc2)SC1=Nc1cccc(Cl)c1Cl. The highest BCUT2D eigenvalue weighted by Crippen LogP contribution is 2.35. The molecule has 2 aromatic rings. The lowest BCUT2D eigenvalue weighted by Crippen LogP contribution is -2.30. The van der Waals surface area contributed by atoms with Crippen LogP contribution in [0.25, 0.3) is 0 Å². The van der Waals surface area contributed by atoms with E-state index in [1.54, 1.807) is 37.4 Å². The number of nitrogens with one attached hydrogen (secondary N) is 1. The third-order valence-corrected chi connectivity index (χ3v) is 5.75. The normalized spacial score (nSPS) is 18.4. The number of hydrogen-bond donors (Lipinski definition) is 1. The summed E-state index contributed by atoms with van der Waals surface area (Å²) in [5, 5.41) is 3.46. The first-order valence-corrected chi connectivity index (χ1v) is 9.41. The molecule has 3 rings (SSSR count). The Hall–Kier alpha value is -2.02. The number of carbonyl (C=O) groups is 2. The highest BCUT2D eigenvalue weighted by atomic mass is 35.5. The van der Waals surface area contributed by atoms with Gasteiger partial charge in [0.25, 0.3) is 0 Å². The topological polar surface area (TPSA) is 61.8 Å². The predicted octanol–water partition coefficient (Wildman–Crippen LogP) is 4.58. The van der Waals surface area contributed by atoms with Crippen LogP contribution in [0.2, 0.25) is 10.0 Å². The molecule has 1 N–H and O–H groups in total. The molecule has 0 radical (unpaired) electrons. The second-order valence-electron chi connectivity index (χ2n) is 5.59. The van der Waals surface area contributed by atoms with E-state index in [4.69, 9.17) is 23.2 Å². The van der Waals surface area contributed by atoms with Crippen molar-refractivity contribution < 1.29 is 9.59 Å². The second kappa shape index (κ2) is 8.12. The van der Waals surface area contributed by atoms with Gasteiger partial charge in [-0.1, -0.05) is 59.2 Å². The van der Waals surface area contributed by atoms with Crippen molar-refractivity contribution in [2.75, 3.05) is 12.4 Å². The van der Waals surface area contributed by atoms with E-state index < -0.39 is 5.25 Å². The minimum Gasteiger partial charge on any atom is -0.326 e. The van der Waals surface area contributed by atoms with Crippen LogP contribution in [0.4, 0.5) is 11.4 Å². The molecule has 0 spiro atoms. The maximum atomic E-state index is 12.4. The molecule has 1 heterocycles. The predicted molar refractivity (Wildman–Crippen MR) is 107 cm³/mol. The van der Waals surface area contributed by atoms with Crippen molar-refractivity contribution in [3.8, 4) is 0 Å². The number of carbonyl (C=O) groups excluding carboxylic acids is 2. The Morgan fingerprint density at radius 1 is 1.19 bits per heavy atom. The fourth-order valence-corrected chi connectivity index (χ4v) is 3.87. The van der Waals surface area contributed by atoms with Gasteiger partial charge in [-0.15, -0.1) is 0 Å². The zero-order valence-corrected chi connectivity index (χ0v) is 16.1. The van der Waals surface area contributed by atoms with Crippen molar-refractivity contribution in [1.29, 1.82) is 0 Å². The van der Waals surface area contributed by atoms with Crippen LogP contribution in [-0.2, 0) is 9.59 Å². The van der Waals surface area contributed by atoms with Crippen LogP contribution in [0.3, 0.4) is 0 Å². The molecule has 1 atom stereocenters. The average molecular weight is 408 g/mol. The van der Waals surface area contributed by atoms with Crippen LogP contribution in [0.15, 0.2) is 53.5 Å². The number of halogens is 2. The van der Waals surface area contributed by atoms with Crippen molar-refractivity contribution in [1.82, 2.24) is 4.90 Å². The van der Waals surface area contributed by atoms with E-state index in [0.29, 0.717) is 26.6 Å². The number of nitrogens with zero attached hydrogens (tertiary/aromatic N) is 2. The molecule has 0 aromatic heterocycles. The van der Waals surface area contributed by atoms with Gasteiger partial charge in [0.2, 0.25) is 11.8 Å². The Bertz CT molecular complexity index is 874. The zero-order valence-electron chi connectivity index (χ0n) is 13.8. The van der Waals surface area contributed by atoms with Gasteiger partial charge in [-0.2, -0.15) is 0 Å². The number of anilines is 1. The maximum absolute atomic E-state index is 12.4. The van der Waals surface area contributed by atoms with E-state index in [2.05, 4.69) is 10.3 Å². The Kier molecular flexibility index (Phi) is 5.86. The van der Waals surface area contributed by atoms with Gasteiger partial charge in [0.15, 0.2) is 5.17 Å². The maximum Gasteiger partial charge on any atom is 0.242 e. The summed E-state index contributed by atoms with van der Waals surface area (Å²) in [6, 6.07) is 14.2. The van der Waals surface area contributed by atoms with Gasteiger partial charge in [-0.3, -0.25) is 14.5 Å². The van der Waals surface area contributed by atoms with E-state index >= 15 is 0 Å². The number of aliphatic imine (C=N–C) groups is 1. The van der Waals surface area contributed by atoms with Crippen molar-refractivity contribution in [3.05, 3.63) is 58.6 Å². The van der Waals surface area contributed by atoms with Crippen molar-refractivity contribution in [2.45, 2.75) is 11.7 Å². The monoisotopic (exact) mass is 407 g/mol. The summed E-state index contributed by atoms with van der Waals surface area (Å²) in [5.41, 5.74) is 1.18. The first-order valence-electron chi connectivity index (χ1n) is 7.77. The molecule has 1 unspecified atom stereocenters. The van der Waals surface area contributed by atoms with Crippen molar-refractivity contribution >= 4 is 63.3 Å². The lowest BCUT2D eigenvalue weighted by molar-refractivity contribution is -0.127. The van der Waals surface area contributed by atoms with E-state index in [-0.39, 0.29) is 18.2 Å². The molecule has 1 aliphatic heterocycles. The molecule has 8 heteroatoms. The van der Waals surface area contributed by atoms with Crippen LogP contribution in [0.1, 0.15) is 6.42 Å². The number of thioether (sulfide) groups is 1. The summed E-state index contributed by atoms with van der Waals surface area (Å²) in [7, 11) is 1.63. The highest BCUT2D eigenvalue weighted by molar-refractivity contribution is 8.15. The number of amides is 2. The summed E-state index contributed by atoms with van der Waals surface area (Å²) in [5.74, 6) is -0.396. The molecular weight excluding hydrogens is 393 g/mol.